The van der Waals surface area contributed by atoms with E-state index >= 15 is 0 Å². The van der Waals surface area contributed by atoms with Gasteiger partial charge in [-0.1, -0.05) is 0 Å². The first kappa shape index (κ1) is 19.3. The van der Waals surface area contributed by atoms with E-state index in [0.29, 0.717) is 37.7 Å². The summed E-state index contributed by atoms with van der Waals surface area (Å²) in [5.74, 6) is -0.216. The lowest BCUT2D eigenvalue weighted by atomic mass is 10.2. The summed E-state index contributed by atoms with van der Waals surface area (Å²) in [6, 6.07) is 5.98. The van der Waals surface area contributed by atoms with Crippen LogP contribution >= 0.6 is 0 Å². The number of carbonyl (C=O) groups is 3. The van der Waals surface area contributed by atoms with Crippen LogP contribution < -0.4 is 9.64 Å². The summed E-state index contributed by atoms with van der Waals surface area (Å²) in [5, 5.41) is 0. The Hall–Kier alpha value is -2.45. The van der Waals surface area contributed by atoms with E-state index in [1.165, 1.54) is 11.8 Å². The molecule has 2 heterocycles. The molecule has 0 radical (unpaired) electrons. The molecule has 3 amide bonds. The Kier molecular flexibility index (Phi) is 6.08. The smallest absolute Gasteiger partial charge is 0.257 e. The van der Waals surface area contributed by atoms with E-state index < -0.39 is 6.04 Å². The number of hydrogen-bond donors (Lipinski definition) is 0. The minimum absolute atomic E-state index is 0.00749. The Morgan fingerprint density at radius 3 is 2.48 bits per heavy atom. The van der Waals surface area contributed by atoms with Gasteiger partial charge in [-0.3, -0.25) is 19.3 Å². The fourth-order valence-corrected chi connectivity index (χ4v) is 3.47. The Bertz CT molecular complexity index is 700. The predicted octanol–water partition coefficient (Wildman–Crippen LogP) is 0.508. The number of benzene rings is 1. The van der Waals surface area contributed by atoms with E-state index in [0.717, 1.165) is 18.0 Å². The molecule has 1 unspecified atom stereocenters. The van der Waals surface area contributed by atoms with Crippen molar-refractivity contribution in [1.29, 1.82) is 0 Å². The molecule has 1 atom stereocenters. The fraction of sp³-hybridized carbons (Fsp3) is 0.526. The number of methoxy groups -OCH3 is 1. The highest BCUT2D eigenvalue weighted by Gasteiger charge is 2.43. The van der Waals surface area contributed by atoms with Gasteiger partial charge in [0.2, 0.25) is 11.8 Å². The highest BCUT2D eigenvalue weighted by Crippen LogP contribution is 2.27. The second-order valence-electron chi connectivity index (χ2n) is 6.65. The van der Waals surface area contributed by atoms with Crippen molar-refractivity contribution in [3.8, 4) is 5.75 Å². The lowest BCUT2D eigenvalue weighted by molar-refractivity contribution is -0.136. The first-order valence-electron chi connectivity index (χ1n) is 9.09. The first-order chi connectivity index (χ1) is 13.0. The van der Waals surface area contributed by atoms with Crippen LogP contribution in [-0.2, 0) is 19.1 Å². The van der Waals surface area contributed by atoms with Gasteiger partial charge in [-0.05, 0) is 24.3 Å². The number of nitrogens with zero attached hydrogens (tertiary/aromatic N) is 3. The van der Waals surface area contributed by atoms with Gasteiger partial charge < -0.3 is 14.4 Å². The van der Waals surface area contributed by atoms with Crippen molar-refractivity contribution in [2.75, 3.05) is 51.4 Å². The maximum absolute atomic E-state index is 12.9. The molecule has 1 aromatic rings. The lowest BCUT2D eigenvalue weighted by Crippen LogP contribution is -2.49. The van der Waals surface area contributed by atoms with Crippen LogP contribution in [0.3, 0.4) is 0 Å². The average Bonchev–Trinajstić information content (AvgIpc) is 2.97. The zero-order valence-corrected chi connectivity index (χ0v) is 15.7. The highest BCUT2D eigenvalue weighted by molar-refractivity contribution is 6.23. The second kappa shape index (κ2) is 8.49. The fourth-order valence-electron chi connectivity index (χ4n) is 3.47. The maximum atomic E-state index is 12.9. The second-order valence-corrected chi connectivity index (χ2v) is 6.65. The van der Waals surface area contributed by atoms with E-state index in [9.17, 15) is 14.4 Å². The molecule has 2 aliphatic rings. The van der Waals surface area contributed by atoms with Gasteiger partial charge >= 0.3 is 0 Å². The normalized spacial score (nSPS) is 20.8. The van der Waals surface area contributed by atoms with Gasteiger partial charge in [0, 0.05) is 33.1 Å². The molecule has 8 nitrogen and oxygen atoms in total. The molecule has 0 bridgehead atoms. The van der Waals surface area contributed by atoms with Crippen molar-refractivity contribution < 1.29 is 23.9 Å². The summed E-state index contributed by atoms with van der Waals surface area (Å²) in [6.07, 6.45) is 0.00749. The van der Waals surface area contributed by atoms with Crippen LogP contribution in [0.4, 0.5) is 5.69 Å². The molecular weight excluding hydrogens is 350 g/mol. The van der Waals surface area contributed by atoms with Gasteiger partial charge in [-0.2, -0.15) is 0 Å². The molecule has 27 heavy (non-hydrogen) atoms. The van der Waals surface area contributed by atoms with Crippen LogP contribution in [0.15, 0.2) is 24.3 Å². The molecular formula is C19H25N3O5. The largest absolute Gasteiger partial charge is 0.497 e. The summed E-state index contributed by atoms with van der Waals surface area (Å²) in [6.45, 7) is 5.47. The number of amides is 3. The Morgan fingerprint density at radius 2 is 1.89 bits per heavy atom. The number of ether oxygens (including phenoxy) is 2. The van der Waals surface area contributed by atoms with E-state index in [1.807, 2.05) is 0 Å². The highest BCUT2D eigenvalue weighted by atomic mass is 16.5. The van der Waals surface area contributed by atoms with E-state index in [-0.39, 0.29) is 24.1 Å². The zero-order chi connectivity index (χ0) is 19.4. The minimum atomic E-state index is -0.752. The Balaban J connectivity index is 1.70. The molecule has 1 aromatic carbocycles. The van der Waals surface area contributed by atoms with Crippen molar-refractivity contribution in [2.45, 2.75) is 19.4 Å². The summed E-state index contributed by atoms with van der Waals surface area (Å²) >= 11 is 0. The molecule has 0 aliphatic carbocycles. The number of hydrogen-bond acceptors (Lipinski definition) is 6. The summed E-state index contributed by atoms with van der Waals surface area (Å²) in [5.41, 5.74) is 0.491. The third-order valence-electron chi connectivity index (χ3n) is 4.99. The Morgan fingerprint density at radius 1 is 1.22 bits per heavy atom. The van der Waals surface area contributed by atoms with E-state index in [4.69, 9.17) is 9.47 Å². The summed E-state index contributed by atoms with van der Waals surface area (Å²) < 4.78 is 10.4. The quantitative estimate of drug-likeness (QED) is 0.674. The van der Waals surface area contributed by atoms with Crippen molar-refractivity contribution in [3.63, 3.8) is 0 Å². The average molecular weight is 375 g/mol. The zero-order valence-electron chi connectivity index (χ0n) is 15.7. The van der Waals surface area contributed by atoms with Crippen LogP contribution in [0.25, 0.3) is 0 Å². The number of carbonyl (C=O) groups excluding carboxylic acids is 3. The molecule has 0 N–H and O–H groups in total. The van der Waals surface area contributed by atoms with Crippen LogP contribution in [0.5, 0.6) is 5.75 Å². The van der Waals surface area contributed by atoms with Gasteiger partial charge in [0.25, 0.3) is 5.91 Å². The molecule has 2 aliphatic heterocycles. The van der Waals surface area contributed by atoms with Crippen molar-refractivity contribution in [1.82, 2.24) is 9.80 Å². The molecule has 0 saturated carbocycles. The van der Waals surface area contributed by atoms with Gasteiger partial charge in [0.15, 0.2) is 0 Å². The molecule has 0 spiro atoms. The minimum Gasteiger partial charge on any atom is -0.497 e. The molecule has 146 valence electrons. The van der Waals surface area contributed by atoms with Crippen LogP contribution in [-0.4, -0.2) is 80.1 Å². The SMILES string of the molecule is COc1ccc(N2C(=O)CC(N(CCN3CCOCC3)C(C)=O)C2=O)cc1. The van der Waals surface area contributed by atoms with Crippen molar-refractivity contribution in [2.24, 2.45) is 0 Å². The van der Waals surface area contributed by atoms with Crippen molar-refractivity contribution in [3.05, 3.63) is 24.3 Å². The number of rotatable bonds is 6. The van der Waals surface area contributed by atoms with Crippen molar-refractivity contribution >= 4 is 23.4 Å². The van der Waals surface area contributed by atoms with Crippen LogP contribution in [0.1, 0.15) is 13.3 Å². The number of anilines is 1. The topological polar surface area (TPSA) is 79.4 Å². The van der Waals surface area contributed by atoms with Gasteiger partial charge in [0.1, 0.15) is 11.8 Å². The standard InChI is InChI=1S/C19H25N3O5/c1-14(23)21(8-7-20-9-11-27-12-10-20)17-13-18(24)22(19(17)25)15-3-5-16(26-2)6-4-15/h3-6,17H,7-13H2,1-2H3. The third kappa shape index (κ3) is 4.28. The summed E-state index contributed by atoms with van der Waals surface area (Å²) in [4.78, 5) is 42.4. The van der Waals surface area contributed by atoms with Crippen LogP contribution in [0, 0.1) is 0 Å². The maximum Gasteiger partial charge on any atom is 0.257 e. The molecule has 8 heteroatoms. The van der Waals surface area contributed by atoms with Crippen LogP contribution in [0.2, 0.25) is 0 Å². The predicted molar refractivity (Wildman–Crippen MR) is 98.5 cm³/mol. The molecule has 0 aromatic heterocycles. The van der Waals surface area contributed by atoms with E-state index in [2.05, 4.69) is 4.90 Å². The lowest BCUT2D eigenvalue weighted by Gasteiger charge is -2.31. The number of morpholine rings is 1. The van der Waals surface area contributed by atoms with Gasteiger partial charge in [0.05, 0.1) is 32.4 Å². The van der Waals surface area contributed by atoms with Gasteiger partial charge in [-0.25, -0.2) is 4.90 Å². The Labute approximate surface area is 158 Å². The summed E-state index contributed by atoms with van der Waals surface area (Å²) in [7, 11) is 1.55. The number of imide groups is 1. The first-order valence-corrected chi connectivity index (χ1v) is 9.09. The van der Waals surface area contributed by atoms with E-state index in [1.54, 1.807) is 31.4 Å². The molecule has 2 saturated heterocycles. The molecule has 2 fully saturated rings. The molecule has 3 rings (SSSR count). The monoisotopic (exact) mass is 375 g/mol. The van der Waals surface area contributed by atoms with Gasteiger partial charge in [-0.15, -0.1) is 0 Å². The third-order valence-corrected chi connectivity index (χ3v) is 4.99.